The topological polar surface area (TPSA) is 78.5 Å². The zero-order valence-electron chi connectivity index (χ0n) is 14.2. The third kappa shape index (κ3) is 4.15. The van der Waals surface area contributed by atoms with E-state index in [0.717, 1.165) is 24.2 Å². The summed E-state index contributed by atoms with van der Waals surface area (Å²) >= 11 is 1.61. The van der Waals surface area contributed by atoms with Gasteiger partial charge in [0.25, 0.3) is 5.91 Å². The standard InChI is InChI=1S/C18H23N3O3S/c1-12(13-6-3-2-4-7-13)21-11-14(10-16(21)22)17(23)19-20-18(24)15-8-5-9-25-15/h2-4,6-7,12,14-15H,5,8-11H2,1H3,(H,19,23)(H,20,24). The molecular weight excluding hydrogens is 338 g/mol. The molecule has 2 aliphatic rings. The van der Waals surface area contributed by atoms with Crippen molar-refractivity contribution in [2.24, 2.45) is 5.92 Å². The second kappa shape index (κ2) is 7.91. The molecule has 0 aliphatic carbocycles. The van der Waals surface area contributed by atoms with Gasteiger partial charge in [0.15, 0.2) is 0 Å². The van der Waals surface area contributed by atoms with E-state index in [1.807, 2.05) is 37.3 Å². The Balaban J connectivity index is 1.53. The Bertz CT molecular complexity index is 646. The van der Waals surface area contributed by atoms with Crippen LogP contribution in [-0.4, -0.2) is 40.2 Å². The minimum Gasteiger partial charge on any atom is -0.335 e. The normalized spacial score (nSPS) is 24.2. The Morgan fingerprint density at radius 2 is 1.92 bits per heavy atom. The van der Waals surface area contributed by atoms with Gasteiger partial charge < -0.3 is 4.90 Å². The number of hydrazine groups is 1. The summed E-state index contributed by atoms with van der Waals surface area (Å²) < 4.78 is 0. The molecule has 2 aliphatic heterocycles. The molecule has 0 aromatic heterocycles. The van der Waals surface area contributed by atoms with E-state index in [4.69, 9.17) is 0 Å². The molecule has 2 saturated heterocycles. The monoisotopic (exact) mass is 361 g/mol. The lowest BCUT2D eigenvalue weighted by Crippen LogP contribution is -2.47. The molecule has 0 saturated carbocycles. The van der Waals surface area contributed by atoms with E-state index in [1.54, 1.807) is 16.7 Å². The van der Waals surface area contributed by atoms with Gasteiger partial charge in [0, 0.05) is 13.0 Å². The molecule has 1 aromatic rings. The summed E-state index contributed by atoms with van der Waals surface area (Å²) in [5.41, 5.74) is 6.04. The number of thioether (sulfide) groups is 1. The van der Waals surface area contributed by atoms with E-state index in [9.17, 15) is 14.4 Å². The van der Waals surface area contributed by atoms with Gasteiger partial charge in [-0.15, -0.1) is 11.8 Å². The van der Waals surface area contributed by atoms with Gasteiger partial charge in [0.1, 0.15) is 0 Å². The summed E-state index contributed by atoms with van der Waals surface area (Å²) in [5.74, 6) is 0.0571. The fourth-order valence-electron chi connectivity index (χ4n) is 3.28. The SMILES string of the molecule is CC(c1ccccc1)N1CC(C(=O)NNC(=O)C2CCCS2)CC1=O. The highest BCUT2D eigenvalue weighted by Gasteiger charge is 2.37. The number of likely N-dealkylation sites (tertiary alicyclic amines) is 1. The molecule has 0 spiro atoms. The summed E-state index contributed by atoms with van der Waals surface area (Å²) in [5, 5.41) is -0.0832. The van der Waals surface area contributed by atoms with Gasteiger partial charge in [-0.05, 0) is 31.1 Å². The van der Waals surface area contributed by atoms with Crippen molar-refractivity contribution in [3.8, 4) is 0 Å². The maximum Gasteiger partial charge on any atom is 0.251 e. The second-order valence-corrected chi connectivity index (χ2v) is 7.82. The van der Waals surface area contributed by atoms with E-state index in [2.05, 4.69) is 10.9 Å². The first-order chi connectivity index (χ1) is 12.1. The molecular formula is C18H23N3O3S. The Kier molecular flexibility index (Phi) is 5.63. The number of nitrogens with zero attached hydrogens (tertiary/aromatic N) is 1. The molecule has 0 radical (unpaired) electrons. The minimum atomic E-state index is -0.435. The predicted octanol–water partition coefficient (Wildman–Crippen LogP) is 1.64. The van der Waals surface area contributed by atoms with Gasteiger partial charge in [-0.2, -0.15) is 0 Å². The van der Waals surface area contributed by atoms with Crippen LogP contribution >= 0.6 is 11.8 Å². The van der Waals surface area contributed by atoms with Gasteiger partial charge in [-0.25, -0.2) is 0 Å². The van der Waals surface area contributed by atoms with Crippen molar-refractivity contribution >= 4 is 29.5 Å². The average molecular weight is 361 g/mol. The number of hydrogen-bond donors (Lipinski definition) is 2. The zero-order chi connectivity index (χ0) is 17.8. The van der Waals surface area contributed by atoms with Crippen molar-refractivity contribution in [2.75, 3.05) is 12.3 Å². The average Bonchev–Trinajstić information content (AvgIpc) is 3.29. The number of carbonyl (C=O) groups excluding carboxylic acids is 3. The van der Waals surface area contributed by atoms with Crippen LogP contribution in [-0.2, 0) is 14.4 Å². The van der Waals surface area contributed by atoms with E-state index in [1.165, 1.54) is 0 Å². The third-order valence-electron chi connectivity index (χ3n) is 4.81. The number of nitrogens with one attached hydrogen (secondary N) is 2. The van der Waals surface area contributed by atoms with Crippen LogP contribution in [0.5, 0.6) is 0 Å². The first-order valence-corrected chi connectivity index (χ1v) is 9.67. The summed E-state index contributed by atoms with van der Waals surface area (Å²) in [4.78, 5) is 38.3. The highest BCUT2D eigenvalue weighted by atomic mass is 32.2. The molecule has 3 unspecified atom stereocenters. The molecule has 2 fully saturated rings. The molecule has 0 bridgehead atoms. The van der Waals surface area contributed by atoms with Crippen molar-refractivity contribution in [1.29, 1.82) is 0 Å². The molecule has 2 N–H and O–H groups in total. The van der Waals surface area contributed by atoms with Gasteiger partial charge in [-0.3, -0.25) is 25.2 Å². The lowest BCUT2D eigenvalue weighted by Gasteiger charge is -2.25. The van der Waals surface area contributed by atoms with Crippen molar-refractivity contribution in [2.45, 2.75) is 37.5 Å². The van der Waals surface area contributed by atoms with Crippen LogP contribution in [0.1, 0.15) is 37.8 Å². The Morgan fingerprint density at radius 3 is 2.60 bits per heavy atom. The van der Waals surface area contributed by atoms with E-state index in [0.29, 0.717) is 6.54 Å². The smallest absolute Gasteiger partial charge is 0.251 e. The lowest BCUT2D eigenvalue weighted by atomic mass is 10.1. The molecule has 134 valence electrons. The highest BCUT2D eigenvalue weighted by molar-refractivity contribution is 8.00. The fraction of sp³-hybridized carbons (Fsp3) is 0.500. The molecule has 2 heterocycles. The van der Waals surface area contributed by atoms with Crippen LogP contribution in [0.2, 0.25) is 0 Å². The van der Waals surface area contributed by atoms with Gasteiger partial charge in [-0.1, -0.05) is 30.3 Å². The molecule has 7 heteroatoms. The lowest BCUT2D eigenvalue weighted by molar-refractivity contribution is -0.131. The summed E-state index contributed by atoms with van der Waals surface area (Å²) in [7, 11) is 0. The molecule has 3 rings (SSSR count). The number of hydrogen-bond acceptors (Lipinski definition) is 4. The highest BCUT2D eigenvalue weighted by Crippen LogP contribution is 2.28. The molecule has 1 aromatic carbocycles. The fourth-order valence-corrected chi connectivity index (χ4v) is 4.44. The quantitative estimate of drug-likeness (QED) is 0.799. The number of carbonyl (C=O) groups is 3. The summed E-state index contributed by atoms with van der Waals surface area (Å²) in [6.07, 6.45) is 2.05. The van der Waals surface area contributed by atoms with Crippen LogP contribution in [0, 0.1) is 5.92 Å². The third-order valence-corrected chi connectivity index (χ3v) is 6.19. The van der Waals surface area contributed by atoms with Crippen molar-refractivity contribution in [1.82, 2.24) is 15.8 Å². The first-order valence-electron chi connectivity index (χ1n) is 8.62. The van der Waals surface area contributed by atoms with E-state index >= 15 is 0 Å². The number of amides is 3. The molecule has 3 atom stereocenters. The van der Waals surface area contributed by atoms with Gasteiger partial charge in [0.05, 0.1) is 17.2 Å². The summed E-state index contributed by atoms with van der Waals surface area (Å²) in [6.45, 7) is 2.33. The van der Waals surface area contributed by atoms with E-state index < -0.39 is 5.92 Å². The van der Waals surface area contributed by atoms with Crippen LogP contribution in [0.3, 0.4) is 0 Å². The molecule has 25 heavy (non-hydrogen) atoms. The van der Waals surface area contributed by atoms with Crippen LogP contribution in [0.25, 0.3) is 0 Å². The van der Waals surface area contributed by atoms with Crippen molar-refractivity contribution in [3.05, 3.63) is 35.9 Å². The van der Waals surface area contributed by atoms with Crippen LogP contribution < -0.4 is 10.9 Å². The maximum absolute atomic E-state index is 12.3. The second-order valence-electron chi connectivity index (χ2n) is 6.51. The summed E-state index contributed by atoms with van der Waals surface area (Å²) in [6, 6.07) is 9.69. The molecule has 6 nitrogen and oxygen atoms in total. The van der Waals surface area contributed by atoms with Crippen LogP contribution in [0.15, 0.2) is 30.3 Å². The Hall–Kier alpha value is -2.02. The number of benzene rings is 1. The van der Waals surface area contributed by atoms with Gasteiger partial charge in [0.2, 0.25) is 11.8 Å². The van der Waals surface area contributed by atoms with E-state index in [-0.39, 0.29) is 35.4 Å². The molecule has 3 amide bonds. The zero-order valence-corrected chi connectivity index (χ0v) is 15.1. The largest absolute Gasteiger partial charge is 0.335 e. The predicted molar refractivity (Wildman–Crippen MR) is 96.4 cm³/mol. The Morgan fingerprint density at radius 1 is 1.20 bits per heavy atom. The van der Waals surface area contributed by atoms with Crippen LogP contribution in [0.4, 0.5) is 0 Å². The number of rotatable bonds is 4. The van der Waals surface area contributed by atoms with Crippen molar-refractivity contribution in [3.63, 3.8) is 0 Å². The van der Waals surface area contributed by atoms with Gasteiger partial charge >= 0.3 is 0 Å². The first kappa shape index (κ1) is 17.8. The minimum absolute atomic E-state index is 0.0332. The van der Waals surface area contributed by atoms with Crippen molar-refractivity contribution < 1.29 is 14.4 Å². The Labute approximate surface area is 151 Å². The maximum atomic E-state index is 12.3.